The molecule has 1 fully saturated rings. The van der Waals surface area contributed by atoms with Gasteiger partial charge >= 0.3 is 0 Å². The Morgan fingerprint density at radius 3 is 2.83 bits per heavy atom. The van der Waals surface area contributed by atoms with Gasteiger partial charge in [-0.3, -0.25) is 0 Å². The summed E-state index contributed by atoms with van der Waals surface area (Å²) in [6.45, 7) is 0. The van der Waals surface area contributed by atoms with Crippen molar-refractivity contribution in [3.63, 3.8) is 0 Å². The van der Waals surface area contributed by atoms with E-state index >= 15 is 0 Å². The van der Waals surface area contributed by atoms with Gasteiger partial charge in [0.1, 0.15) is 5.82 Å². The topological polar surface area (TPSA) is 106 Å². The first kappa shape index (κ1) is 13.2. The Labute approximate surface area is 106 Å². The van der Waals surface area contributed by atoms with Crippen LogP contribution in [0.1, 0.15) is 12.8 Å². The van der Waals surface area contributed by atoms with E-state index in [2.05, 4.69) is 15.1 Å². The Morgan fingerprint density at radius 1 is 1.50 bits per heavy atom. The van der Waals surface area contributed by atoms with Gasteiger partial charge in [-0.1, -0.05) is 0 Å². The van der Waals surface area contributed by atoms with E-state index in [1.54, 1.807) is 7.11 Å². The third kappa shape index (κ3) is 2.78. The summed E-state index contributed by atoms with van der Waals surface area (Å²) in [5.41, 5.74) is 2.31. The second kappa shape index (κ2) is 5.19. The van der Waals surface area contributed by atoms with Crippen molar-refractivity contribution in [1.29, 1.82) is 0 Å². The van der Waals surface area contributed by atoms with E-state index in [1.807, 2.05) is 0 Å². The van der Waals surface area contributed by atoms with Crippen LogP contribution in [0.5, 0.6) is 0 Å². The molecule has 0 saturated heterocycles. The maximum Gasteiger partial charge on any atom is 0.241 e. The fourth-order valence-electron chi connectivity index (χ4n) is 1.80. The fourth-order valence-corrected chi connectivity index (χ4v) is 3.07. The SMILES string of the molecule is COC1CC(NS(=O)(=O)c2ccnc(NN)c2)C1. The van der Waals surface area contributed by atoms with Crippen LogP contribution in [0.2, 0.25) is 0 Å². The molecule has 1 aliphatic rings. The third-order valence-corrected chi connectivity index (χ3v) is 4.46. The second-order valence-electron chi connectivity index (χ2n) is 4.17. The van der Waals surface area contributed by atoms with E-state index in [9.17, 15) is 8.42 Å². The molecule has 2 rings (SSSR count). The first-order valence-electron chi connectivity index (χ1n) is 5.53. The zero-order chi connectivity index (χ0) is 13.2. The lowest BCUT2D eigenvalue weighted by atomic mass is 9.90. The van der Waals surface area contributed by atoms with E-state index in [1.165, 1.54) is 18.3 Å². The molecule has 18 heavy (non-hydrogen) atoms. The molecule has 0 unspecified atom stereocenters. The Bertz CT molecular complexity index is 514. The number of nitrogens with one attached hydrogen (secondary N) is 2. The molecule has 100 valence electrons. The molecule has 0 atom stereocenters. The maximum absolute atomic E-state index is 12.1. The summed E-state index contributed by atoms with van der Waals surface area (Å²) in [5, 5.41) is 0. The molecule has 1 aromatic rings. The molecule has 0 radical (unpaired) electrons. The van der Waals surface area contributed by atoms with Gasteiger partial charge in [-0.15, -0.1) is 0 Å². The van der Waals surface area contributed by atoms with Crippen LogP contribution in [0.3, 0.4) is 0 Å². The summed E-state index contributed by atoms with van der Waals surface area (Å²) < 4.78 is 31.8. The molecule has 7 nitrogen and oxygen atoms in total. The van der Waals surface area contributed by atoms with Crippen molar-refractivity contribution >= 4 is 15.8 Å². The smallest absolute Gasteiger partial charge is 0.241 e. The standard InChI is InChI=1S/C10H16N4O3S/c1-17-8-4-7(5-8)14-18(15,16)9-2-3-12-10(6-9)13-11/h2-3,6-8,14H,4-5,11H2,1H3,(H,12,13). The molecule has 1 heterocycles. The molecule has 1 aromatic heterocycles. The van der Waals surface area contributed by atoms with Crippen LogP contribution in [0.4, 0.5) is 5.82 Å². The zero-order valence-electron chi connectivity index (χ0n) is 9.96. The average Bonchev–Trinajstić information content (AvgIpc) is 2.33. The lowest BCUT2D eigenvalue weighted by Gasteiger charge is -2.34. The lowest BCUT2D eigenvalue weighted by molar-refractivity contribution is 0.0236. The number of methoxy groups -OCH3 is 1. The second-order valence-corrected chi connectivity index (χ2v) is 5.88. The molecule has 0 bridgehead atoms. The molecule has 0 aliphatic heterocycles. The van der Waals surface area contributed by atoms with Gasteiger partial charge in [-0.05, 0) is 18.9 Å². The first-order chi connectivity index (χ1) is 8.55. The van der Waals surface area contributed by atoms with E-state index in [0.717, 1.165) is 0 Å². The number of rotatable bonds is 5. The van der Waals surface area contributed by atoms with Gasteiger partial charge in [0.2, 0.25) is 10.0 Å². The van der Waals surface area contributed by atoms with Gasteiger partial charge in [-0.2, -0.15) is 0 Å². The lowest BCUT2D eigenvalue weighted by Crippen LogP contribution is -2.47. The monoisotopic (exact) mass is 272 g/mol. The van der Waals surface area contributed by atoms with Crippen LogP contribution < -0.4 is 16.0 Å². The molecule has 0 aromatic carbocycles. The number of nitrogen functional groups attached to an aromatic ring is 1. The number of nitrogens with zero attached hydrogens (tertiary/aromatic N) is 1. The van der Waals surface area contributed by atoms with Gasteiger partial charge in [-0.25, -0.2) is 24.0 Å². The number of aromatic nitrogens is 1. The largest absolute Gasteiger partial charge is 0.381 e. The molecule has 0 spiro atoms. The normalized spacial score (nSPS) is 23.4. The Kier molecular flexibility index (Phi) is 3.81. The van der Waals surface area contributed by atoms with Crippen molar-refractivity contribution in [2.45, 2.75) is 29.9 Å². The Morgan fingerprint density at radius 2 is 2.22 bits per heavy atom. The number of nitrogens with two attached hydrogens (primary N) is 1. The number of hydrogen-bond acceptors (Lipinski definition) is 6. The predicted molar refractivity (Wildman–Crippen MR) is 66.2 cm³/mol. The van der Waals surface area contributed by atoms with Crippen LogP contribution in [-0.4, -0.2) is 32.7 Å². The van der Waals surface area contributed by atoms with Crippen LogP contribution in [0, 0.1) is 0 Å². The van der Waals surface area contributed by atoms with Crippen molar-refractivity contribution in [2.75, 3.05) is 12.5 Å². The number of hydrogen-bond donors (Lipinski definition) is 3. The molecule has 0 amide bonds. The third-order valence-electron chi connectivity index (χ3n) is 2.94. The molecule has 4 N–H and O–H groups in total. The predicted octanol–water partition coefficient (Wildman–Crippen LogP) is -0.177. The van der Waals surface area contributed by atoms with Gasteiger partial charge in [0.15, 0.2) is 0 Å². The minimum atomic E-state index is -3.53. The summed E-state index contributed by atoms with van der Waals surface area (Å²) in [7, 11) is -1.90. The molecule has 1 aliphatic carbocycles. The average molecular weight is 272 g/mol. The number of anilines is 1. The highest BCUT2D eigenvalue weighted by Crippen LogP contribution is 2.24. The van der Waals surface area contributed by atoms with E-state index in [0.29, 0.717) is 18.7 Å². The summed E-state index contributed by atoms with van der Waals surface area (Å²) in [6.07, 6.45) is 2.94. The van der Waals surface area contributed by atoms with Gasteiger partial charge < -0.3 is 10.2 Å². The van der Waals surface area contributed by atoms with Crippen molar-refractivity contribution in [3.05, 3.63) is 18.3 Å². The summed E-state index contributed by atoms with van der Waals surface area (Å²) in [6, 6.07) is 2.74. The van der Waals surface area contributed by atoms with Crippen molar-refractivity contribution in [2.24, 2.45) is 5.84 Å². The maximum atomic E-state index is 12.1. The van der Waals surface area contributed by atoms with Crippen LogP contribution in [0.25, 0.3) is 0 Å². The quantitative estimate of drug-likeness (QED) is 0.507. The number of hydrazine groups is 1. The Balaban J connectivity index is 2.06. The minimum absolute atomic E-state index is 0.0672. The first-order valence-corrected chi connectivity index (χ1v) is 7.01. The number of pyridine rings is 1. The minimum Gasteiger partial charge on any atom is -0.381 e. The molecular formula is C10H16N4O3S. The van der Waals surface area contributed by atoms with Crippen molar-refractivity contribution in [1.82, 2.24) is 9.71 Å². The van der Waals surface area contributed by atoms with E-state index < -0.39 is 10.0 Å². The molecular weight excluding hydrogens is 256 g/mol. The molecule has 1 saturated carbocycles. The van der Waals surface area contributed by atoms with Crippen LogP contribution >= 0.6 is 0 Å². The summed E-state index contributed by atoms with van der Waals surface area (Å²) >= 11 is 0. The van der Waals surface area contributed by atoms with E-state index in [-0.39, 0.29) is 17.0 Å². The van der Waals surface area contributed by atoms with Crippen molar-refractivity contribution in [3.8, 4) is 0 Å². The van der Waals surface area contributed by atoms with Gasteiger partial charge in [0, 0.05) is 25.4 Å². The Hall–Kier alpha value is -1.22. The van der Waals surface area contributed by atoms with Crippen LogP contribution in [0.15, 0.2) is 23.2 Å². The summed E-state index contributed by atoms with van der Waals surface area (Å²) in [4.78, 5) is 4.01. The summed E-state index contributed by atoms with van der Waals surface area (Å²) in [5.74, 6) is 5.50. The molecule has 8 heteroatoms. The zero-order valence-corrected chi connectivity index (χ0v) is 10.8. The highest BCUT2D eigenvalue weighted by Gasteiger charge is 2.32. The van der Waals surface area contributed by atoms with Crippen LogP contribution in [-0.2, 0) is 14.8 Å². The van der Waals surface area contributed by atoms with Gasteiger partial charge in [0.25, 0.3) is 0 Å². The van der Waals surface area contributed by atoms with E-state index in [4.69, 9.17) is 10.6 Å². The van der Waals surface area contributed by atoms with Gasteiger partial charge in [0.05, 0.1) is 11.0 Å². The number of sulfonamides is 1. The van der Waals surface area contributed by atoms with Crippen molar-refractivity contribution < 1.29 is 13.2 Å². The highest BCUT2D eigenvalue weighted by molar-refractivity contribution is 7.89. The number of ether oxygens (including phenoxy) is 1. The fraction of sp³-hybridized carbons (Fsp3) is 0.500. The highest BCUT2D eigenvalue weighted by atomic mass is 32.2.